The van der Waals surface area contributed by atoms with E-state index in [1.54, 1.807) is 0 Å². The normalized spacial score (nSPS) is 31.4. The Morgan fingerprint density at radius 3 is 2.26 bits per heavy atom. The summed E-state index contributed by atoms with van der Waals surface area (Å²) in [6.45, 7) is 15.5. The zero-order chi connectivity index (χ0) is 14.7. The van der Waals surface area contributed by atoms with Gasteiger partial charge in [-0.15, -0.1) is 0 Å². The summed E-state index contributed by atoms with van der Waals surface area (Å²) in [6, 6.07) is 0. The zero-order valence-electron chi connectivity index (χ0n) is 14.1. The fourth-order valence-electron chi connectivity index (χ4n) is 3.67. The molecule has 1 rings (SSSR count). The lowest BCUT2D eigenvalue weighted by Crippen LogP contribution is -2.45. The Morgan fingerprint density at radius 2 is 1.79 bits per heavy atom. The fourth-order valence-corrected chi connectivity index (χ4v) is 3.67. The number of hydrogen-bond donors (Lipinski definition) is 0. The standard InChI is InChI=1S/C17H34O2/c1-8-9-10-17(19-18-15(3,4)5)12-14(2)11-16(6,7)13-17/h14H,8-13H2,1-7H3. The molecule has 2 unspecified atom stereocenters. The van der Waals surface area contributed by atoms with Gasteiger partial charge in [-0.1, -0.05) is 40.5 Å². The van der Waals surface area contributed by atoms with Crippen LogP contribution in [0.1, 0.15) is 87.0 Å². The molecule has 19 heavy (non-hydrogen) atoms. The highest BCUT2D eigenvalue weighted by Gasteiger charge is 2.45. The van der Waals surface area contributed by atoms with Crippen LogP contribution in [-0.2, 0) is 9.78 Å². The minimum absolute atomic E-state index is 0.0789. The third kappa shape index (κ3) is 5.83. The molecule has 0 spiro atoms. The summed E-state index contributed by atoms with van der Waals surface area (Å²) in [5.41, 5.74) is 0.0428. The first kappa shape index (κ1) is 17.0. The molecule has 0 radical (unpaired) electrons. The topological polar surface area (TPSA) is 18.5 Å². The second-order valence-electron chi connectivity index (χ2n) is 8.42. The molecule has 2 atom stereocenters. The summed E-state index contributed by atoms with van der Waals surface area (Å²) in [5, 5.41) is 0. The maximum Gasteiger partial charge on any atom is 0.104 e. The molecule has 0 aromatic heterocycles. The van der Waals surface area contributed by atoms with Gasteiger partial charge >= 0.3 is 0 Å². The van der Waals surface area contributed by atoms with E-state index >= 15 is 0 Å². The quantitative estimate of drug-likeness (QED) is 0.484. The molecule has 0 N–H and O–H groups in total. The fraction of sp³-hybridized carbons (Fsp3) is 1.00. The van der Waals surface area contributed by atoms with Gasteiger partial charge in [-0.3, -0.25) is 0 Å². The Labute approximate surface area is 120 Å². The molecule has 1 aliphatic carbocycles. The molecule has 0 heterocycles. The van der Waals surface area contributed by atoms with Crippen molar-refractivity contribution in [3.8, 4) is 0 Å². The minimum Gasteiger partial charge on any atom is -0.230 e. The highest BCUT2D eigenvalue weighted by atomic mass is 17.2. The maximum absolute atomic E-state index is 6.04. The average molecular weight is 270 g/mol. The van der Waals surface area contributed by atoms with Crippen molar-refractivity contribution in [2.45, 2.75) is 98.2 Å². The minimum atomic E-state index is -0.232. The van der Waals surface area contributed by atoms with Crippen LogP contribution < -0.4 is 0 Å². The largest absolute Gasteiger partial charge is 0.230 e. The van der Waals surface area contributed by atoms with Gasteiger partial charge in [0.05, 0.1) is 5.60 Å². The molecule has 1 fully saturated rings. The lowest BCUT2D eigenvalue weighted by Gasteiger charge is -2.47. The SMILES string of the molecule is CCCCC1(OOC(C)(C)C)CC(C)CC(C)(C)C1. The van der Waals surface area contributed by atoms with Crippen molar-refractivity contribution >= 4 is 0 Å². The van der Waals surface area contributed by atoms with E-state index in [0.29, 0.717) is 11.3 Å². The Kier molecular flexibility index (Phi) is 5.48. The molecule has 114 valence electrons. The van der Waals surface area contributed by atoms with Crippen LogP contribution in [0.4, 0.5) is 0 Å². The van der Waals surface area contributed by atoms with Crippen molar-refractivity contribution in [2.75, 3.05) is 0 Å². The van der Waals surface area contributed by atoms with Gasteiger partial charge in [0.2, 0.25) is 0 Å². The predicted molar refractivity (Wildman–Crippen MR) is 81.0 cm³/mol. The van der Waals surface area contributed by atoms with Gasteiger partial charge in [-0.2, -0.15) is 0 Å². The highest BCUT2D eigenvalue weighted by molar-refractivity contribution is 4.94. The molecular formula is C17H34O2. The molecule has 0 saturated heterocycles. The van der Waals surface area contributed by atoms with Crippen LogP contribution in [0, 0.1) is 11.3 Å². The molecule has 1 aliphatic rings. The highest BCUT2D eigenvalue weighted by Crippen LogP contribution is 2.48. The molecule has 0 aromatic carbocycles. The Bertz CT molecular complexity index is 277. The second-order valence-corrected chi connectivity index (χ2v) is 8.42. The number of hydrogen-bond acceptors (Lipinski definition) is 2. The van der Waals surface area contributed by atoms with Crippen molar-refractivity contribution in [2.24, 2.45) is 11.3 Å². The Hall–Kier alpha value is -0.0800. The first-order valence-electron chi connectivity index (χ1n) is 7.94. The smallest absolute Gasteiger partial charge is 0.104 e. The summed E-state index contributed by atoms with van der Waals surface area (Å²) in [6.07, 6.45) is 7.09. The van der Waals surface area contributed by atoms with Crippen LogP contribution in [0.25, 0.3) is 0 Å². The molecule has 0 amide bonds. The van der Waals surface area contributed by atoms with Crippen molar-refractivity contribution in [3.63, 3.8) is 0 Å². The second kappa shape index (κ2) is 6.13. The Morgan fingerprint density at radius 1 is 1.16 bits per heavy atom. The summed E-state index contributed by atoms with van der Waals surface area (Å²) >= 11 is 0. The molecule has 0 aliphatic heterocycles. The number of unbranched alkanes of at least 4 members (excludes halogenated alkanes) is 1. The summed E-state index contributed by atoms with van der Waals surface area (Å²) in [4.78, 5) is 11.8. The van der Waals surface area contributed by atoms with E-state index in [1.807, 2.05) is 0 Å². The van der Waals surface area contributed by atoms with E-state index in [-0.39, 0.29) is 11.2 Å². The summed E-state index contributed by atoms with van der Waals surface area (Å²) < 4.78 is 0. The lowest BCUT2D eigenvalue weighted by atomic mass is 9.64. The zero-order valence-corrected chi connectivity index (χ0v) is 14.1. The van der Waals surface area contributed by atoms with Gasteiger partial charge in [0.15, 0.2) is 0 Å². The molecule has 2 heteroatoms. The van der Waals surface area contributed by atoms with Crippen molar-refractivity contribution < 1.29 is 9.78 Å². The molecule has 0 bridgehead atoms. The van der Waals surface area contributed by atoms with Crippen LogP contribution in [0.2, 0.25) is 0 Å². The van der Waals surface area contributed by atoms with Crippen LogP contribution in [0.15, 0.2) is 0 Å². The van der Waals surface area contributed by atoms with Gasteiger partial charge in [-0.25, -0.2) is 9.78 Å². The third-order valence-corrected chi connectivity index (χ3v) is 3.88. The maximum atomic E-state index is 6.04. The van der Waals surface area contributed by atoms with Crippen LogP contribution in [0.3, 0.4) is 0 Å². The van der Waals surface area contributed by atoms with Crippen LogP contribution in [0.5, 0.6) is 0 Å². The summed E-state index contributed by atoms with van der Waals surface area (Å²) in [7, 11) is 0. The molecule has 0 aromatic rings. The summed E-state index contributed by atoms with van der Waals surface area (Å²) in [5.74, 6) is 0.712. The average Bonchev–Trinajstić information content (AvgIpc) is 2.20. The molecule has 2 nitrogen and oxygen atoms in total. The van der Waals surface area contributed by atoms with Gasteiger partial charge in [-0.05, 0) is 57.8 Å². The van der Waals surface area contributed by atoms with Crippen molar-refractivity contribution in [1.29, 1.82) is 0 Å². The van der Waals surface area contributed by atoms with Crippen LogP contribution >= 0.6 is 0 Å². The van der Waals surface area contributed by atoms with Gasteiger partial charge in [0, 0.05) is 0 Å². The lowest BCUT2D eigenvalue weighted by molar-refractivity contribution is -0.416. The third-order valence-electron chi connectivity index (χ3n) is 3.88. The van der Waals surface area contributed by atoms with Crippen LogP contribution in [-0.4, -0.2) is 11.2 Å². The van der Waals surface area contributed by atoms with E-state index in [2.05, 4.69) is 48.5 Å². The van der Waals surface area contributed by atoms with E-state index in [4.69, 9.17) is 9.78 Å². The molecular weight excluding hydrogens is 236 g/mol. The van der Waals surface area contributed by atoms with E-state index in [9.17, 15) is 0 Å². The van der Waals surface area contributed by atoms with Gasteiger partial charge < -0.3 is 0 Å². The van der Waals surface area contributed by atoms with E-state index in [1.165, 1.54) is 19.3 Å². The van der Waals surface area contributed by atoms with E-state index in [0.717, 1.165) is 19.3 Å². The first-order valence-corrected chi connectivity index (χ1v) is 7.94. The predicted octanol–water partition coefficient (Wildman–Crippen LogP) is 5.51. The van der Waals surface area contributed by atoms with Gasteiger partial charge in [0.25, 0.3) is 0 Å². The molecule has 1 saturated carbocycles. The van der Waals surface area contributed by atoms with Crippen molar-refractivity contribution in [1.82, 2.24) is 0 Å². The monoisotopic (exact) mass is 270 g/mol. The number of rotatable bonds is 5. The van der Waals surface area contributed by atoms with Crippen molar-refractivity contribution in [3.05, 3.63) is 0 Å². The van der Waals surface area contributed by atoms with E-state index < -0.39 is 0 Å². The first-order chi connectivity index (χ1) is 8.58. The Balaban J connectivity index is 2.79. The van der Waals surface area contributed by atoms with Gasteiger partial charge in [0.1, 0.15) is 5.60 Å².